The molecule has 1 fully saturated rings. The van der Waals surface area contributed by atoms with Crippen LogP contribution in [0.25, 0.3) is 17.0 Å². The normalized spacial score (nSPS) is 18.1. The molecule has 2 amide bonds. The summed E-state index contributed by atoms with van der Waals surface area (Å²) in [5, 5.41) is 1.38. The lowest BCUT2D eigenvalue weighted by atomic mass is 9.75. The Morgan fingerprint density at radius 2 is 1.60 bits per heavy atom. The fourth-order valence-corrected chi connectivity index (χ4v) is 9.52. The summed E-state index contributed by atoms with van der Waals surface area (Å²) in [6.07, 6.45) is 1.85. The van der Waals surface area contributed by atoms with Crippen LogP contribution in [0, 0.1) is 5.82 Å². The second-order valence-electron chi connectivity index (χ2n) is 17.2. The van der Waals surface area contributed by atoms with E-state index in [4.69, 9.17) is 4.84 Å². The van der Waals surface area contributed by atoms with Crippen molar-refractivity contribution in [3.05, 3.63) is 88.5 Å². The smallest absolute Gasteiger partial charge is 0.416 e. The lowest BCUT2D eigenvalue weighted by Crippen LogP contribution is -2.44. The monoisotopic (exact) mass is 923 g/mol. The van der Waals surface area contributed by atoms with Crippen molar-refractivity contribution in [1.29, 1.82) is 0 Å². The van der Waals surface area contributed by atoms with Crippen molar-refractivity contribution in [2.24, 2.45) is 0 Å². The van der Waals surface area contributed by atoms with Gasteiger partial charge in [0, 0.05) is 72.3 Å². The third-order valence-corrected chi connectivity index (χ3v) is 12.9. The van der Waals surface area contributed by atoms with Crippen LogP contribution >= 0.6 is 0 Å². The molecule has 2 aromatic carbocycles. The minimum absolute atomic E-state index is 0.00736. The zero-order valence-corrected chi connectivity index (χ0v) is 37.3. The third-order valence-electron chi connectivity index (χ3n) is 11.3. The molecule has 1 unspecified atom stereocenters. The number of hydrogen-bond acceptors (Lipinski definition) is 10. The molecule has 0 aliphatic carbocycles. The first-order valence-corrected chi connectivity index (χ1v) is 24.0. The molecule has 1 aromatic heterocycles. The number of benzene rings is 2. The predicted octanol–water partition coefficient (Wildman–Crippen LogP) is 7.81. The number of anilines is 1. The van der Waals surface area contributed by atoms with Crippen molar-refractivity contribution in [2.45, 2.75) is 122 Å². The number of aryl methyl sites for hydroxylation is 1. The van der Waals surface area contributed by atoms with Crippen molar-refractivity contribution < 1.29 is 67.3 Å². The molecule has 13 nitrogen and oxygen atoms in total. The number of pyridine rings is 1. The van der Waals surface area contributed by atoms with Crippen molar-refractivity contribution in [3.63, 3.8) is 0 Å². The lowest BCUT2D eigenvalue weighted by Gasteiger charge is -2.31. The summed E-state index contributed by atoms with van der Waals surface area (Å²) in [6, 6.07) is 11.1. The van der Waals surface area contributed by atoms with E-state index in [1.807, 2.05) is 36.4 Å². The fourth-order valence-electron chi connectivity index (χ4n) is 8.39. The first kappa shape index (κ1) is 49.3. The zero-order chi connectivity index (χ0) is 46.5. The summed E-state index contributed by atoms with van der Waals surface area (Å²) in [5.41, 5.74) is -0.445. The standard InChI is InChI=1S/C44H53F4N3O10S2/c1-42(2,3)37-27-30(32-16-7-8-17-34(32)49(37)23-10-5-6-19-40(54)61-51-38(52)20-21-39(51)53)15-14-18-36-43(4,22-9-12-25-62(55,56)57)41-33(44(46,47)48)28-31(45)29-35(41)50(36)24-11-13-26-63(58,59)60/h7-8,14-18,27-29H,5-6,9-13,19-26H2,1-4H3,(H-,55,56,57,58,59,60). The number of aromatic nitrogens is 1. The summed E-state index contributed by atoms with van der Waals surface area (Å²) in [4.78, 5) is 42.5. The molecule has 0 spiro atoms. The van der Waals surface area contributed by atoms with Crippen LogP contribution in [-0.2, 0) is 63.0 Å². The maximum atomic E-state index is 15.1. The van der Waals surface area contributed by atoms with Gasteiger partial charge in [-0.1, -0.05) is 51.5 Å². The van der Waals surface area contributed by atoms with Crippen molar-refractivity contribution in [2.75, 3.05) is 23.0 Å². The molecule has 1 atom stereocenters. The van der Waals surface area contributed by atoms with E-state index >= 15 is 4.39 Å². The molecule has 63 heavy (non-hydrogen) atoms. The Morgan fingerprint density at radius 1 is 0.937 bits per heavy atom. The molecule has 5 rings (SSSR count). The van der Waals surface area contributed by atoms with E-state index in [1.165, 1.54) is 4.90 Å². The quantitative estimate of drug-likeness (QED) is 0.0407. The molecule has 2 aliphatic heterocycles. The number of fused-ring (bicyclic) bond motifs is 2. The summed E-state index contributed by atoms with van der Waals surface area (Å²) in [7, 11) is -8.95. The van der Waals surface area contributed by atoms with Crippen LogP contribution in [-0.4, -0.2) is 66.8 Å². The second-order valence-corrected chi connectivity index (χ2v) is 20.3. The molecule has 0 radical (unpaired) electrons. The van der Waals surface area contributed by atoms with Gasteiger partial charge in [-0.25, -0.2) is 17.6 Å². The highest BCUT2D eigenvalue weighted by Gasteiger charge is 2.49. The Kier molecular flexibility index (Phi) is 15.3. The minimum Gasteiger partial charge on any atom is -0.748 e. The van der Waals surface area contributed by atoms with Crippen LogP contribution in [0.2, 0.25) is 0 Å². The summed E-state index contributed by atoms with van der Waals surface area (Å²) in [6.45, 7) is 8.23. The van der Waals surface area contributed by atoms with E-state index in [0.29, 0.717) is 42.6 Å². The molecular weight excluding hydrogens is 871 g/mol. The highest BCUT2D eigenvalue weighted by atomic mass is 32.2. The maximum absolute atomic E-state index is 15.1. The zero-order valence-electron chi connectivity index (χ0n) is 35.7. The van der Waals surface area contributed by atoms with E-state index in [9.17, 15) is 53.5 Å². The van der Waals surface area contributed by atoms with Gasteiger partial charge in [0.1, 0.15) is 12.4 Å². The lowest BCUT2D eigenvalue weighted by molar-refractivity contribution is -0.682. The molecule has 344 valence electrons. The Bertz CT molecular complexity index is 2500. The maximum Gasteiger partial charge on any atom is 0.416 e. The second kappa shape index (κ2) is 19.6. The molecule has 3 aromatic rings. The van der Waals surface area contributed by atoms with Gasteiger partial charge in [0.05, 0.1) is 26.8 Å². The van der Waals surface area contributed by atoms with Gasteiger partial charge in [0.2, 0.25) is 5.52 Å². The van der Waals surface area contributed by atoms with E-state index in [0.717, 1.165) is 28.2 Å². The Morgan fingerprint density at radius 3 is 2.24 bits per heavy atom. The Labute approximate surface area is 365 Å². The van der Waals surface area contributed by atoms with Crippen molar-refractivity contribution in [1.82, 2.24) is 5.06 Å². The van der Waals surface area contributed by atoms with Crippen molar-refractivity contribution >= 4 is 60.7 Å². The molecule has 0 saturated carbocycles. The van der Waals surface area contributed by atoms with Crippen LogP contribution in [0.1, 0.15) is 121 Å². The number of rotatable bonds is 19. The number of hydrogen-bond donors (Lipinski definition) is 1. The van der Waals surface area contributed by atoms with Gasteiger partial charge >= 0.3 is 12.1 Å². The molecular formula is C44H53F4N3O10S2. The number of carbonyl (C=O) groups is 3. The van der Waals surface area contributed by atoms with E-state index in [1.54, 1.807) is 19.1 Å². The van der Waals surface area contributed by atoms with Crippen LogP contribution in [0.3, 0.4) is 0 Å². The number of alkyl halides is 3. The number of unbranched alkanes of at least 4 members (excludes halogenated alkanes) is 4. The predicted molar refractivity (Wildman–Crippen MR) is 226 cm³/mol. The van der Waals surface area contributed by atoms with E-state index in [-0.39, 0.29) is 74.6 Å². The number of imide groups is 1. The average molecular weight is 924 g/mol. The Balaban J connectivity index is 1.51. The summed E-state index contributed by atoms with van der Waals surface area (Å²) in [5.74, 6) is -4.21. The molecule has 19 heteroatoms. The molecule has 1 N–H and O–H groups in total. The average Bonchev–Trinajstić information content (AvgIpc) is 3.60. The summed E-state index contributed by atoms with van der Waals surface area (Å²) < 4.78 is 128. The number of nitrogens with zero attached hydrogens (tertiary/aromatic N) is 3. The first-order chi connectivity index (χ1) is 29.3. The SMILES string of the molecule is CC(C)(C)c1cc(C=CC=C2N(CCCCS(=O)(=O)[O-])c3cc(F)cc(C(F)(F)F)c3C2(C)CCCCS(=O)(=O)O)c2ccccc2[n+]1CCCCCC(=O)ON1C(=O)CCC1=O. The first-order valence-electron chi connectivity index (χ1n) is 20.8. The molecule has 1 saturated heterocycles. The van der Waals surface area contributed by atoms with Gasteiger partial charge in [0.15, 0.2) is 5.69 Å². The van der Waals surface area contributed by atoms with Crippen molar-refractivity contribution in [3.8, 4) is 0 Å². The van der Waals surface area contributed by atoms with Gasteiger partial charge in [-0.2, -0.15) is 26.2 Å². The fraction of sp³-hybridized carbons (Fsp3) is 0.500. The van der Waals surface area contributed by atoms with Gasteiger partial charge < -0.3 is 14.3 Å². The van der Waals surface area contributed by atoms with Gasteiger partial charge in [0.25, 0.3) is 21.9 Å². The van der Waals surface area contributed by atoms with Crippen LogP contribution in [0.5, 0.6) is 0 Å². The number of halogens is 4. The van der Waals surface area contributed by atoms with Gasteiger partial charge in [-0.05, 0) is 80.9 Å². The molecule has 2 aliphatic rings. The number of hydroxylamine groups is 2. The third kappa shape index (κ3) is 12.5. The minimum atomic E-state index is -4.99. The largest absolute Gasteiger partial charge is 0.748 e. The number of para-hydroxylation sites is 1. The van der Waals surface area contributed by atoms with E-state index < -0.39 is 72.5 Å². The Hall–Kier alpha value is -4.72. The van der Waals surface area contributed by atoms with Gasteiger partial charge in [-0.3, -0.25) is 14.1 Å². The van der Waals surface area contributed by atoms with Crippen LogP contribution in [0.15, 0.2) is 60.3 Å². The number of carbonyl (C=O) groups excluding carboxylic acids is 3. The summed E-state index contributed by atoms with van der Waals surface area (Å²) >= 11 is 0. The number of amides is 2. The van der Waals surface area contributed by atoms with Crippen LogP contribution in [0.4, 0.5) is 23.2 Å². The van der Waals surface area contributed by atoms with Crippen LogP contribution < -0.4 is 9.47 Å². The van der Waals surface area contributed by atoms with E-state index in [2.05, 4.69) is 25.3 Å². The highest BCUT2D eigenvalue weighted by molar-refractivity contribution is 7.85. The molecule has 0 bridgehead atoms. The number of allylic oxidation sites excluding steroid dienone is 3. The van der Waals surface area contributed by atoms with Gasteiger partial charge in [-0.15, -0.1) is 5.06 Å². The topological polar surface area (TPSA) is 182 Å². The molecule has 3 heterocycles. The highest BCUT2D eigenvalue weighted by Crippen LogP contribution is 2.55.